The molecule has 0 bridgehead atoms. The van der Waals surface area contributed by atoms with Crippen molar-refractivity contribution in [1.82, 2.24) is 10.2 Å². The maximum absolute atomic E-state index is 11.5. The molecule has 8 nitrogen and oxygen atoms in total. The second-order valence-electron chi connectivity index (χ2n) is 4.53. The number of carbonyl (C=O) groups excluding carboxylic acids is 4. The molecule has 10 heteroatoms. The molecule has 1 aromatic heterocycles. The van der Waals surface area contributed by atoms with E-state index in [0.29, 0.717) is 10.4 Å². The molecular formula is C14H13BrN2O6S. The number of halogens is 1. The molecule has 24 heavy (non-hydrogen) atoms. The van der Waals surface area contributed by atoms with Gasteiger partial charge in [-0.3, -0.25) is 19.3 Å². The Morgan fingerprint density at radius 3 is 2.83 bits per heavy atom. The van der Waals surface area contributed by atoms with Crippen LogP contribution in [0.25, 0.3) is 6.08 Å². The maximum Gasteiger partial charge on any atom is 0.331 e. The van der Waals surface area contributed by atoms with Crippen LogP contribution in [0.1, 0.15) is 5.76 Å². The Bertz CT molecular complexity index is 671. The maximum atomic E-state index is 11.5. The molecule has 0 spiro atoms. The van der Waals surface area contributed by atoms with E-state index in [1.165, 1.54) is 6.08 Å². The fraction of sp³-hybridized carbons (Fsp3) is 0.286. The van der Waals surface area contributed by atoms with Crippen molar-refractivity contribution in [3.8, 4) is 0 Å². The molecule has 0 saturated carbocycles. The van der Waals surface area contributed by atoms with E-state index in [0.717, 1.165) is 22.7 Å². The quantitative estimate of drug-likeness (QED) is 0.528. The topological polar surface area (TPSA) is 106 Å². The average molecular weight is 417 g/mol. The number of carbonyl (C=O) groups is 4. The molecule has 0 atom stereocenters. The number of hydrogen-bond acceptors (Lipinski definition) is 7. The van der Waals surface area contributed by atoms with Crippen molar-refractivity contribution >= 4 is 56.8 Å². The summed E-state index contributed by atoms with van der Waals surface area (Å²) in [7, 11) is 0. The van der Waals surface area contributed by atoms with Crippen molar-refractivity contribution in [2.24, 2.45) is 0 Å². The second kappa shape index (κ2) is 8.69. The number of ether oxygens (including phenoxy) is 1. The first-order chi connectivity index (χ1) is 11.5. The lowest BCUT2D eigenvalue weighted by atomic mass is 10.4. The molecule has 0 radical (unpaired) electrons. The summed E-state index contributed by atoms with van der Waals surface area (Å²) in [5.41, 5.74) is 0. The summed E-state index contributed by atoms with van der Waals surface area (Å²) >= 11 is 4.06. The van der Waals surface area contributed by atoms with Crippen LogP contribution in [0.15, 0.2) is 27.3 Å². The number of imide groups is 1. The summed E-state index contributed by atoms with van der Waals surface area (Å²) < 4.78 is 10.4. The Kier molecular flexibility index (Phi) is 6.62. The smallest absolute Gasteiger partial charge is 0.331 e. The van der Waals surface area contributed by atoms with Crippen molar-refractivity contribution < 1.29 is 28.3 Å². The molecule has 2 rings (SSSR count). The van der Waals surface area contributed by atoms with Gasteiger partial charge in [0.1, 0.15) is 5.76 Å². The summed E-state index contributed by atoms with van der Waals surface area (Å²) in [6.07, 6.45) is 2.55. The number of rotatable bonds is 7. The third kappa shape index (κ3) is 5.53. The van der Waals surface area contributed by atoms with Crippen LogP contribution in [-0.2, 0) is 19.1 Å². The largest absolute Gasteiger partial charge is 0.452 e. The van der Waals surface area contributed by atoms with Gasteiger partial charge in [-0.15, -0.1) is 0 Å². The van der Waals surface area contributed by atoms with Crippen LogP contribution >= 0.6 is 27.7 Å². The SMILES string of the molecule is O=C(COC(=O)C=Cc1ccc(Br)o1)NCCN1C(=O)CSC1=O. The number of amides is 3. The van der Waals surface area contributed by atoms with Crippen molar-refractivity contribution in [1.29, 1.82) is 0 Å². The first kappa shape index (κ1) is 18.3. The van der Waals surface area contributed by atoms with Crippen LogP contribution < -0.4 is 5.32 Å². The molecule has 128 valence electrons. The number of furan rings is 1. The first-order valence-electron chi connectivity index (χ1n) is 6.79. The highest BCUT2D eigenvalue weighted by atomic mass is 79.9. The zero-order chi connectivity index (χ0) is 17.5. The third-order valence-corrected chi connectivity index (χ3v) is 4.11. The van der Waals surface area contributed by atoms with Gasteiger partial charge < -0.3 is 14.5 Å². The fourth-order valence-corrected chi connectivity index (χ4v) is 2.78. The van der Waals surface area contributed by atoms with Crippen molar-refractivity contribution in [3.63, 3.8) is 0 Å². The minimum atomic E-state index is -0.695. The van der Waals surface area contributed by atoms with Crippen LogP contribution in [0.4, 0.5) is 4.79 Å². The van der Waals surface area contributed by atoms with Crippen molar-refractivity contribution in [2.75, 3.05) is 25.4 Å². The van der Waals surface area contributed by atoms with Gasteiger partial charge in [-0.1, -0.05) is 11.8 Å². The van der Waals surface area contributed by atoms with Gasteiger partial charge >= 0.3 is 5.97 Å². The predicted octanol–water partition coefficient (Wildman–Crippen LogP) is 1.41. The minimum Gasteiger partial charge on any atom is -0.452 e. The zero-order valence-corrected chi connectivity index (χ0v) is 14.7. The van der Waals surface area contributed by atoms with Gasteiger partial charge in [0.2, 0.25) is 5.91 Å². The predicted molar refractivity (Wildman–Crippen MR) is 89.0 cm³/mol. The van der Waals surface area contributed by atoms with Crippen molar-refractivity contribution in [3.05, 3.63) is 28.6 Å². The van der Waals surface area contributed by atoms with E-state index in [1.54, 1.807) is 12.1 Å². The van der Waals surface area contributed by atoms with E-state index in [1.807, 2.05) is 0 Å². The molecule has 1 fully saturated rings. The van der Waals surface area contributed by atoms with E-state index in [2.05, 4.69) is 21.2 Å². The lowest BCUT2D eigenvalue weighted by Crippen LogP contribution is -2.38. The molecule has 1 aromatic rings. The Labute approximate surface area is 149 Å². The Morgan fingerprint density at radius 2 is 2.21 bits per heavy atom. The second-order valence-corrected chi connectivity index (χ2v) is 6.24. The van der Waals surface area contributed by atoms with Gasteiger partial charge in [0.05, 0.1) is 5.75 Å². The highest BCUT2D eigenvalue weighted by Crippen LogP contribution is 2.17. The normalized spacial score (nSPS) is 14.5. The lowest BCUT2D eigenvalue weighted by Gasteiger charge is -2.12. The molecule has 0 unspecified atom stereocenters. The molecule has 1 N–H and O–H groups in total. The third-order valence-electron chi connectivity index (χ3n) is 2.82. The molecule has 1 aliphatic heterocycles. The highest BCUT2D eigenvalue weighted by Gasteiger charge is 2.29. The average Bonchev–Trinajstić information content (AvgIpc) is 3.10. The van der Waals surface area contributed by atoms with Crippen molar-refractivity contribution in [2.45, 2.75) is 0 Å². The van der Waals surface area contributed by atoms with E-state index in [9.17, 15) is 19.2 Å². The summed E-state index contributed by atoms with van der Waals surface area (Å²) in [6.45, 7) is -0.260. The van der Waals surface area contributed by atoms with E-state index in [-0.39, 0.29) is 30.0 Å². The molecular weight excluding hydrogens is 404 g/mol. The fourth-order valence-electron chi connectivity index (χ4n) is 1.71. The van der Waals surface area contributed by atoms with Gasteiger partial charge in [-0.25, -0.2) is 4.79 Å². The van der Waals surface area contributed by atoms with Gasteiger partial charge in [0.25, 0.3) is 11.1 Å². The Morgan fingerprint density at radius 1 is 1.42 bits per heavy atom. The van der Waals surface area contributed by atoms with E-state index < -0.39 is 18.5 Å². The Balaban J connectivity index is 1.64. The van der Waals surface area contributed by atoms with E-state index >= 15 is 0 Å². The first-order valence-corrected chi connectivity index (χ1v) is 8.57. The lowest BCUT2D eigenvalue weighted by molar-refractivity contribution is -0.143. The zero-order valence-electron chi connectivity index (χ0n) is 12.3. The minimum absolute atomic E-state index is 0.0949. The summed E-state index contributed by atoms with van der Waals surface area (Å²) in [6, 6.07) is 3.33. The summed E-state index contributed by atoms with van der Waals surface area (Å²) in [4.78, 5) is 46.7. The number of nitrogens with one attached hydrogen (secondary N) is 1. The highest BCUT2D eigenvalue weighted by molar-refractivity contribution is 9.10. The number of nitrogens with zero attached hydrogens (tertiary/aromatic N) is 1. The molecule has 0 aromatic carbocycles. The van der Waals surface area contributed by atoms with Crippen LogP contribution in [-0.4, -0.2) is 53.4 Å². The molecule has 0 aliphatic carbocycles. The summed E-state index contributed by atoms with van der Waals surface area (Å²) in [5.74, 6) is -0.909. The molecule has 3 amide bonds. The van der Waals surface area contributed by atoms with Gasteiger partial charge in [-0.05, 0) is 34.1 Å². The molecule has 1 saturated heterocycles. The van der Waals surface area contributed by atoms with Gasteiger partial charge in [-0.2, -0.15) is 0 Å². The number of esters is 1. The van der Waals surface area contributed by atoms with Crippen LogP contribution in [0.2, 0.25) is 0 Å². The van der Waals surface area contributed by atoms with Gasteiger partial charge in [0, 0.05) is 19.2 Å². The molecule has 2 heterocycles. The van der Waals surface area contributed by atoms with Crippen LogP contribution in [0.3, 0.4) is 0 Å². The number of thioether (sulfide) groups is 1. The summed E-state index contributed by atoms with van der Waals surface area (Å²) in [5, 5.41) is 2.14. The number of hydrogen-bond donors (Lipinski definition) is 1. The van der Waals surface area contributed by atoms with Crippen LogP contribution in [0.5, 0.6) is 0 Å². The van der Waals surface area contributed by atoms with E-state index in [4.69, 9.17) is 9.15 Å². The van der Waals surface area contributed by atoms with Crippen LogP contribution in [0, 0.1) is 0 Å². The molecule has 1 aliphatic rings. The van der Waals surface area contributed by atoms with Gasteiger partial charge in [0.15, 0.2) is 11.3 Å². The Hall–Kier alpha value is -2.07. The monoisotopic (exact) mass is 416 g/mol. The standard InChI is InChI=1S/C14H13BrN2O6S/c15-10-3-1-9(23-10)2-4-13(20)22-7-11(18)16-5-6-17-12(19)8-24-14(17)21/h1-4H,5-8H2,(H,16,18).